The van der Waals surface area contributed by atoms with Crippen LogP contribution in [0.1, 0.15) is 59.7 Å². The first-order valence-electron chi connectivity index (χ1n) is 6.96. The number of carbonyl (C=O) groups excluding carboxylic acids is 1. The van der Waals surface area contributed by atoms with Crippen molar-refractivity contribution in [1.82, 2.24) is 10.6 Å². The number of nitrogens with one attached hydrogen (secondary N) is 2. The maximum absolute atomic E-state index is 13.1. The topological polar surface area (TPSA) is 41.1 Å². The smallest absolute Gasteiger partial charge is 0.264 e. The Morgan fingerprint density at radius 1 is 1.40 bits per heavy atom. The minimum Gasteiger partial charge on any atom is -0.348 e. The van der Waals surface area contributed by atoms with Crippen LogP contribution in [0.25, 0.3) is 0 Å². The molecule has 2 aliphatic rings. The van der Waals surface area contributed by atoms with E-state index in [0.29, 0.717) is 17.7 Å². The second kappa shape index (κ2) is 4.81. The molecule has 1 aliphatic carbocycles. The molecule has 1 aromatic carbocycles. The second-order valence-corrected chi connectivity index (χ2v) is 5.96. The Labute approximate surface area is 116 Å². The molecule has 0 bridgehead atoms. The standard InChI is InChI=1S/C15H18F2N2O/c1-15(3-2-4-15)19-7-9-5-10(13(16)17)12-8-18-14(20)11(12)6-9/h5-6,13,19H,2-4,7-8H2,1H3,(H,18,20). The minimum absolute atomic E-state index is 0.0172. The Morgan fingerprint density at radius 2 is 2.15 bits per heavy atom. The lowest BCUT2D eigenvalue weighted by Crippen LogP contribution is -2.47. The number of hydrogen-bond acceptors (Lipinski definition) is 2. The van der Waals surface area contributed by atoms with Crippen molar-refractivity contribution in [2.75, 3.05) is 0 Å². The van der Waals surface area contributed by atoms with Gasteiger partial charge in [-0.3, -0.25) is 4.79 Å². The van der Waals surface area contributed by atoms with Crippen LogP contribution in [0, 0.1) is 0 Å². The van der Waals surface area contributed by atoms with Crippen LogP contribution < -0.4 is 10.6 Å². The van der Waals surface area contributed by atoms with E-state index in [9.17, 15) is 13.6 Å². The zero-order valence-corrected chi connectivity index (χ0v) is 11.4. The Hall–Kier alpha value is -1.49. The number of benzene rings is 1. The third kappa shape index (κ3) is 2.30. The highest BCUT2D eigenvalue weighted by Crippen LogP contribution is 2.33. The number of halogens is 2. The number of rotatable bonds is 4. The number of amides is 1. The molecule has 1 heterocycles. The van der Waals surface area contributed by atoms with Crippen molar-refractivity contribution in [2.45, 2.75) is 51.2 Å². The van der Waals surface area contributed by atoms with E-state index in [0.717, 1.165) is 18.4 Å². The van der Waals surface area contributed by atoms with Gasteiger partial charge in [-0.2, -0.15) is 0 Å². The maximum atomic E-state index is 13.1. The first kappa shape index (κ1) is 13.5. The van der Waals surface area contributed by atoms with Gasteiger partial charge in [0.15, 0.2) is 0 Å². The molecule has 1 aromatic rings. The predicted molar refractivity (Wildman–Crippen MR) is 71.7 cm³/mol. The first-order valence-corrected chi connectivity index (χ1v) is 6.96. The van der Waals surface area contributed by atoms with Crippen LogP contribution in [0.4, 0.5) is 8.78 Å². The van der Waals surface area contributed by atoms with E-state index in [1.54, 1.807) is 6.07 Å². The molecule has 1 aliphatic heterocycles. The molecule has 0 saturated heterocycles. The zero-order valence-electron chi connectivity index (χ0n) is 11.4. The van der Waals surface area contributed by atoms with E-state index in [2.05, 4.69) is 17.6 Å². The zero-order chi connectivity index (χ0) is 14.3. The molecule has 1 amide bonds. The van der Waals surface area contributed by atoms with Gasteiger partial charge in [0.25, 0.3) is 12.3 Å². The second-order valence-electron chi connectivity index (χ2n) is 5.96. The molecule has 0 aromatic heterocycles. The molecule has 3 nitrogen and oxygen atoms in total. The molecule has 108 valence electrons. The van der Waals surface area contributed by atoms with Crippen molar-refractivity contribution >= 4 is 5.91 Å². The molecule has 3 rings (SSSR count). The molecule has 2 N–H and O–H groups in total. The van der Waals surface area contributed by atoms with Crippen LogP contribution in [0.15, 0.2) is 12.1 Å². The number of fused-ring (bicyclic) bond motifs is 1. The minimum atomic E-state index is -2.55. The highest BCUT2D eigenvalue weighted by molar-refractivity contribution is 5.98. The van der Waals surface area contributed by atoms with E-state index < -0.39 is 6.43 Å². The van der Waals surface area contributed by atoms with Gasteiger partial charge in [0, 0.05) is 29.8 Å². The summed E-state index contributed by atoms with van der Waals surface area (Å²) in [6, 6.07) is 3.26. The monoisotopic (exact) mass is 280 g/mol. The van der Waals surface area contributed by atoms with Crippen molar-refractivity contribution in [3.8, 4) is 0 Å². The van der Waals surface area contributed by atoms with Gasteiger partial charge in [-0.25, -0.2) is 8.78 Å². The van der Waals surface area contributed by atoms with Gasteiger partial charge in [-0.15, -0.1) is 0 Å². The lowest BCUT2D eigenvalue weighted by atomic mass is 9.78. The van der Waals surface area contributed by atoms with E-state index in [4.69, 9.17) is 0 Å². The van der Waals surface area contributed by atoms with Crippen LogP contribution in [0.2, 0.25) is 0 Å². The summed E-state index contributed by atoms with van der Waals surface area (Å²) in [5.41, 5.74) is 1.70. The van der Waals surface area contributed by atoms with E-state index in [-0.39, 0.29) is 23.6 Å². The molecule has 0 unspecified atom stereocenters. The summed E-state index contributed by atoms with van der Waals surface area (Å²) >= 11 is 0. The molecule has 1 fully saturated rings. The lowest BCUT2D eigenvalue weighted by Gasteiger charge is -2.39. The van der Waals surface area contributed by atoms with Crippen LogP contribution in [-0.2, 0) is 13.1 Å². The van der Waals surface area contributed by atoms with E-state index >= 15 is 0 Å². The molecular weight excluding hydrogens is 262 g/mol. The predicted octanol–water partition coefficient (Wildman–Crippen LogP) is 2.90. The summed E-state index contributed by atoms with van der Waals surface area (Å²) in [4.78, 5) is 11.7. The number of alkyl halides is 2. The van der Waals surface area contributed by atoms with Gasteiger partial charge in [0.05, 0.1) is 0 Å². The van der Waals surface area contributed by atoms with Gasteiger partial charge in [0.2, 0.25) is 0 Å². The van der Waals surface area contributed by atoms with E-state index in [1.165, 1.54) is 12.5 Å². The normalized spacial score (nSPS) is 19.7. The van der Waals surface area contributed by atoms with Gasteiger partial charge >= 0.3 is 0 Å². The molecule has 5 heteroatoms. The van der Waals surface area contributed by atoms with Crippen molar-refractivity contribution in [1.29, 1.82) is 0 Å². The van der Waals surface area contributed by atoms with Crippen LogP contribution in [0.3, 0.4) is 0 Å². The number of carbonyl (C=O) groups is 1. The van der Waals surface area contributed by atoms with Crippen LogP contribution >= 0.6 is 0 Å². The molecule has 20 heavy (non-hydrogen) atoms. The van der Waals surface area contributed by atoms with Crippen molar-refractivity contribution in [3.05, 3.63) is 34.4 Å². The molecule has 1 saturated carbocycles. The molecule has 0 radical (unpaired) electrons. The maximum Gasteiger partial charge on any atom is 0.264 e. The third-order valence-corrected chi connectivity index (χ3v) is 4.43. The molecule has 0 spiro atoms. The van der Waals surface area contributed by atoms with Gasteiger partial charge in [-0.05, 0) is 49.4 Å². The highest BCUT2D eigenvalue weighted by atomic mass is 19.3. The summed E-state index contributed by atoms with van der Waals surface area (Å²) in [6.45, 7) is 2.88. The Morgan fingerprint density at radius 3 is 2.75 bits per heavy atom. The lowest BCUT2D eigenvalue weighted by molar-refractivity contribution is 0.0965. The summed E-state index contributed by atoms with van der Waals surface area (Å²) in [7, 11) is 0. The SMILES string of the molecule is CC1(NCc2cc3c(c(C(F)F)c2)CNC3=O)CCC1. The average molecular weight is 280 g/mol. The molecular formula is C15H18F2N2O. The first-order chi connectivity index (χ1) is 9.48. The fraction of sp³-hybridized carbons (Fsp3) is 0.533. The third-order valence-electron chi connectivity index (χ3n) is 4.43. The van der Waals surface area contributed by atoms with Crippen molar-refractivity contribution in [3.63, 3.8) is 0 Å². The van der Waals surface area contributed by atoms with Crippen molar-refractivity contribution < 1.29 is 13.6 Å². The van der Waals surface area contributed by atoms with Crippen LogP contribution in [0.5, 0.6) is 0 Å². The quantitative estimate of drug-likeness (QED) is 0.890. The Kier molecular flexibility index (Phi) is 3.24. The largest absolute Gasteiger partial charge is 0.348 e. The highest BCUT2D eigenvalue weighted by Gasteiger charge is 2.31. The summed E-state index contributed by atoms with van der Waals surface area (Å²) < 4.78 is 26.2. The van der Waals surface area contributed by atoms with Gasteiger partial charge in [-0.1, -0.05) is 0 Å². The number of hydrogen-bond donors (Lipinski definition) is 2. The fourth-order valence-corrected chi connectivity index (χ4v) is 2.92. The molecule has 0 atom stereocenters. The summed E-state index contributed by atoms with van der Waals surface area (Å²) in [6.07, 6.45) is 0.884. The van der Waals surface area contributed by atoms with E-state index in [1.807, 2.05) is 0 Å². The fourth-order valence-electron chi connectivity index (χ4n) is 2.92. The van der Waals surface area contributed by atoms with Gasteiger partial charge < -0.3 is 10.6 Å². The van der Waals surface area contributed by atoms with Gasteiger partial charge in [0.1, 0.15) is 0 Å². The van der Waals surface area contributed by atoms with Crippen molar-refractivity contribution in [2.24, 2.45) is 0 Å². The Bertz CT molecular complexity index is 553. The Balaban J connectivity index is 1.86. The summed E-state index contributed by atoms with van der Waals surface area (Å²) in [5, 5.41) is 6.02. The average Bonchev–Trinajstić information content (AvgIpc) is 2.75. The summed E-state index contributed by atoms with van der Waals surface area (Å²) in [5.74, 6) is -0.251. The van der Waals surface area contributed by atoms with Crippen LogP contribution in [-0.4, -0.2) is 11.4 Å².